The van der Waals surface area contributed by atoms with Gasteiger partial charge in [0.1, 0.15) is 18.1 Å². The molecule has 3 aromatic carbocycles. The number of rotatable bonds is 5. The molecule has 2 nitrogen and oxygen atoms in total. The Labute approximate surface area is 133 Å². The van der Waals surface area contributed by atoms with Crippen LogP contribution >= 0.6 is 0 Å². The third-order valence-electron chi connectivity index (χ3n) is 3.52. The molecule has 3 rings (SSSR count). The number of halogens is 2. The molecule has 4 heteroatoms. The van der Waals surface area contributed by atoms with Crippen LogP contribution in [-0.2, 0) is 6.61 Å². The quantitative estimate of drug-likeness (QED) is 0.652. The van der Waals surface area contributed by atoms with Crippen molar-refractivity contribution in [3.63, 3.8) is 0 Å². The Morgan fingerprint density at radius 3 is 2.30 bits per heavy atom. The van der Waals surface area contributed by atoms with Gasteiger partial charge in [-0.15, -0.1) is 0 Å². The van der Waals surface area contributed by atoms with Crippen molar-refractivity contribution < 1.29 is 18.3 Å². The van der Waals surface area contributed by atoms with E-state index in [-0.39, 0.29) is 5.39 Å². The number of fused-ring (bicyclic) bond motifs is 1. The molecule has 0 heterocycles. The zero-order valence-electron chi connectivity index (χ0n) is 12.7. The van der Waals surface area contributed by atoms with Gasteiger partial charge in [-0.05, 0) is 54.3 Å². The molecule has 0 radical (unpaired) electrons. The second-order valence-electron chi connectivity index (χ2n) is 5.11. The van der Waals surface area contributed by atoms with Crippen LogP contribution in [0.15, 0.2) is 54.6 Å². The van der Waals surface area contributed by atoms with E-state index in [1.165, 1.54) is 12.1 Å². The summed E-state index contributed by atoms with van der Waals surface area (Å²) in [5.74, 6) is -0.252. The van der Waals surface area contributed by atoms with Crippen LogP contribution in [0.25, 0.3) is 10.8 Å². The van der Waals surface area contributed by atoms with Gasteiger partial charge in [0.2, 0.25) is 0 Å². The topological polar surface area (TPSA) is 18.5 Å². The van der Waals surface area contributed by atoms with Crippen molar-refractivity contribution in [2.24, 2.45) is 0 Å². The molecule has 0 saturated carbocycles. The molecule has 0 saturated heterocycles. The van der Waals surface area contributed by atoms with Crippen molar-refractivity contribution in [3.8, 4) is 11.5 Å². The van der Waals surface area contributed by atoms with Gasteiger partial charge in [-0.1, -0.05) is 18.2 Å². The zero-order chi connectivity index (χ0) is 16.2. The van der Waals surface area contributed by atoms with Crippen LogP contribution in [0.3, 0.4) is 0 Å². The van der Waals surface area contributed by atoms with Gasteiger partial charge in [-0.3, -0.25) is 0 Å². The van der Waals surface area contributed by atoms with Gasteiger partial charge in [-0.25, -0.2) is 8.78 Å². The number of hydrogen-bond donors (Lipinski definition) is 0. The van der Waals surface area contributed by atoms with E-state index in [0.717, 1.165) is 17.4 Å². The van der Waals surface area contributed by atoms with E-state index in [9.17, 15) is 8.78 Å². The second kappa shape index (κ2) is 6.65. The molecule has 3 aromatic rings. The minimum Gasteiger partial charge on any atom is -0.494 e. The van der Waals surface area contributed by atoms with Crippen molar-refractivity contribution in [2.45, 2.75) is 13.5 Å². The molecular weight excluding hydrogens is 298 g/mol. The molecular formula is C19H16F2O2. The van der Waals surface area contributed by atoms with Gasteiger partial charge >= 0.3 is 0 Å². The summed E-state index contributed by atoms with van der Waals surface area (Å²) in [5.41, 5.74) is 0.999. The molecule has 0 aliphatic rings. The molecule has 0 bridgehead atoms. The van der Waals surface area contributed by atoms with Crippen molar-refractivity contribution in [2.75, 3.05) is 6.61 Å². The van der Waals surface area contributed by atoms with E-state index in [1.807, 2.05) is 31.2 Å². The Balaban J connectivity index is 1.73. The lowest BCUT2D eigenvalue weighted by Gasteiger charge is -2.09. The molecule has 0 unspecified atom stereocenters. The molecule has 0 spiro atoms. The zero-order valence-corrected chi connectivity index (χ0v) is 12.7. The van der Waals surface area contributed by atoms with Crippen LogP contribution in [0.4, 0.5) is 8.78 Å². The lowest BCUT2D eigenvalue weighted by molar-refractivity contribution is 0.306. The summed E-state index contributed by atoms with van der Waals surface area (Å²) in [5, 5.41) is 0.853. The Morgan fingerprint density at radius 2 is 1.57 bits per heavy atom. The lowest BCUT2D eigenvalue weighted by atomic mass is 10.1. The average molecular weight is 314 g/mol. The minimum absolute atomic E-state index is 0.249. The second-order valence-corrected chi connectivity index (χ2v) is 5.11. The molecule has 0 atom stereocenters. The van der Waals surface area contributed by atoms with Gasteiger partial charge in [0, 0.05) is 5.39 Å². The first-order valence-corrected chi connectivity index (χ1v) is 7.39. The largest absolute Gasteiger partial charge is 0.494 e. The first-order valence-electron chi connectivity index (χ1n) is 7.39. The minimum atomic E-state index is -0.847. The molecule has 0 fully saturated rings. The predicted molar refractivity (Wildman–Crippen MR) is 85.8 cm³/mol. The van der Waals surface area contributed by atoms with Gasteiger partial charge in [-0.2, -0.15) is 0 Å². The molecule has 118 valence electrons. The van der Waals surface area contributed by atoms with Crippen LogP contribution in [0, 0.1) is 11.6 Å². The van der Waals surface area contributed by atoms with E-state index in [1.54, 1.807) is 12.1 Å². The number of hydrogen-bond acceptors (Lipinski definition) is 2. The molecule has 0 aliphatic heterocycles. The maximum atomic E-state index is 13.7. The van der Waals surface area contributed by atoms with E-state index >= 15 is 0 Å². The maximum Gasteiger partial charge on any atom is 0.166 e. The lowest BCUT2D eigenvalue weighted by Crippen LogP contribution is -1.96. The van der Waals surface area contributed by atoms with E-state index in [4.69, 9.17) is 9.47 Å². The standard InChI is InChI=1S/C19H16F2O2/c1-2-22-15-6-3-13(4-7-15)12-23-16-8-9-17-14(11-16)5-10-18(20)19(17)21/h3-11H,2,12H2,1H3. The highest BCUT2D eigenvalue weighted by atomic mass is 19.2. The number of benzene rings is 3. The fourth-order valence-electron chi connectivity index (χ4n) is 2.35. The van der Waals surface area contributed by atoms with Gasteiger partial charge < -0.3 is 9.47 Å². The van der Waals surface area contributed by atoms with Crippen LogP contribution in [0.5, 0.6) is 11.5 Å². The van der Waals surface area contributed by atoms with Crippen molar-refractivity contribution >= 4 is 10.8 Å². The summed E-state index contributed by atoms with van der Waals surface area (Å²) >= 11 is 0. The van der Waals surface area contributed by atoms with Crippen molar-refractivity contribution in [3.05, 3.63) is 71.8 Å². The predicted octanol–water partition coefficient (Wildman–Crippen LogP) is 5.10. The summed E-state index contributed by atoms with van der Waals surface area (Å²) in [7, 11) is 0. The van der Waals surface area contributed by atoms with E-state index < -0.39 is 11.6 Å². The summed E-state index contributed by atoms with van der Waals surface area (Å²) in [4.78, 5) is 0. The van der Waals surface area contributed by atoms with Crippen molar-refractivity contribution in [1.29, 1.82) is 0 Å². The molecule has 0 aliphatic carbocycles. The van der Waals surface area contributed by atoms with Gasteiger partial charge in [0.15, 0.2) is 11.6 Å². The molecule has 23 heavy (non-hydrogen) atoms. The summed E-state index contributed by atoms with van der Waals surface area (Å²) < 4.78 is 37.9. The summed E-state index contributed by atoms with van der Waals surface area (Å²) in [6, 6.07) is 15.2. The highest BCUT2D eigenvalue weighted by molar-refractivity contribution is 5.84. The van der Waals surface area contributed by atoms with Gasteiger partial charge in [0.25, 0.3) is 0 Å². The first kappa shape index (κ1) is 15.3. The third kappa shape index (κ3) is 3.42. The Morgan fingerprint density at radius 1 is 0.826 bits per heavy atom. The fraction of sp³-hybridized carbons (Fsp3) is 0.158. The van der Waals surface area contributed by atoms with Crippen molar-refractivity contribution in [1.82, 2.24) is 0 Å². The van der Waals surface area contributed by atoms with Crippen LogP contribution < -0.4 is 9.47 Å². The highest BCUT2D eigenvalue weighted by Crippen LogP contribution is 2.25. The monoisotopic (exact) mass is 314 g/mol. The SMILES string of the molecule is CCOc1ccc(COc2ccc3c(F)c(F)ccc3c2)cc1. The highest BCUT2D eigenvalue weighted by Gasteiger charge is 2.07. The molecule has 0 amide bonds. The van der Waals surface area contributed by atoms with E-state index in [2.05, 4.69) is 0 Å². The Hall–Kier alpha value is -2.62. The Kier molecular flexibility index (Phi) is 4.42. The van der Waals surface area contributed by atoms with Crippen LogP contribution in [-0.4, -0.2) is 6.61 Å². The summed E-state index contributed by atoms with van der Waals surface area (Å²) in [6.07, 6.45) is 0. The van der Waals surface area contributed by atoms with Crippen LogP contribution in [0.2, 0.25) is 0 Å². The molecule has 0 N–H and O–H groups in total. The summed E-state index contributed by atoms with van der Waals surface area (Å²) in [6.45, 7) is 2.96. The third-order valence-corrected chi connectivity index (χ3v) is 3.52. The number of ether oxygens (including phenoxy) is 2. The van der Waals surface area contributed by atoms with Gasteiger partial charge in [0.05, 0.1) is 6.61 Å². The first-order chi connectivity index (χ1) is 11.2. The smallest absolute Gasteiger partial charge is 0.166 e. The molecule has 0 aromatic heterocycles. The Bertz CT molecular complexity index is 813. The van der Waals surface area contributed by atoms with E-state index in [0.29, 0.717) is 24.3 Å². The maximum absolute atomic E-state index is 13.7. The fourth-order valence-corrected chi connectivity index (χ4v) is 2.35. The average Bonchev–Trinajstić information content (AvgIpc) is 2.58. The normalized spacial score (nSPS) is 10.7. The van der Waals surface area contributed by atoms with Crippen LogP contribution in [0.1, 0.15) is 12.5 Å².